The maximum Gasteiger partial charge on any atom is 0.107 e. The highest BCUT2D eigenvalue weighted by Gasteiger charge is 2.43. The number of hydrogen-bond acceptors (Lipinski definition) is 3. The fourth-order valence-electron chi connectivity index (χ4n) is 3.14. The summed E-state index contributed by atoms with van der Waals surface area (Å²) in [5.41, 5.74) is -0.567. The van der Waals surface area contributed by atoms with E-state index in [4.69, 9.17) is 0 Å². The van der Waals surface area contributed by atoms with Gasteiger partial charge in [-0.3, -0.25) is 0 Å². The lowest BCUT2D eigenvalue weighted by Crippen LogP contribution is -2.33. The Labute approximate surface area is 120 Å². The van der Waals surface area contributed by atoms with E-state index in [9.17, 15) is 10.4 Å². The number of aliphatic hydroxyl groups is 1. The summed E-state index contributed by atoms with van der Waals surface area (Å²) in [6, 6.07) is 6.43. The Kier molecular flexibility index (Phi) is 4.32. The van der Waals surface area contributed by atoms with Gasteiger partial charge in [-0.05, 0) is 56.6 Å². The Hall–Kier alpha value is -0.850. The van der Waals surface area contributed by atoms with Crippen LogP contribution in [0, 0.1) is 35.5 Å². The second kappa shape index (κ2) is 5.64. The number of rotatable bonds is 3. The molecule has 1 aliphatic rings. The molecule has 1 saturated carbocycles. The molecule has 1 heterocycles. The third kappa shape index (κ3) is 2.85. The van der Waals surface area contributed by atoms with Crippen LogP contribution in [0.2, 0.25) is 0 Å². The van der Waals surface area contributed by atoms with Crippen LogP contribution in [-0.4, -0.2) is 5.11 Å². The molecule has 1 atom stereocenters. The van der Waals surface area contributed by atoms with Gasteiger partial charge in [0.15, 0.2) is 0 Å². The third-order valence-electron chi connectivity index (χ3n) is 4.64. The Morgan fingerprint density at radius 3 is 2.42 bits per heavy atom. The zero-order chi connectivity index (χ0) is 14.0. The minimum absolute atomic E-state index is 0.567. The molecule has 2 rings (SSSR count). The third-order valence-corrected chi connectivity index (χ3v) is 5.70. The lowest BCUT2D eigenvalue weighted by Gasteiger charge is -2.39. The molecular weight excluding hydrogens is 254 g/mol. The SMILES string of the molecule is Cc1ccc(C(O)C2(C#N)CCC(C(C)C)CC2)s1. The molecule has 0 aliphatic heterocycles. The second-order valence-corrected chi connectivity index (χ2v) is 7.52. The first kappa shape index (κ1) is 14.6. The molecule has 1 unspecified atom stereocenters. The summed E-state index contributed by atoms with van der Waals surface area (Å²) in [7, 11) is 0. The summed E-state index contributed by atoms with van der Waals surface area (Å²) in [5.74, 6) is 1.39. The van der Waals surface area contributed by atoms with Gasteiger partial charge in [-0.2, -0.15) is 5.26 Å². The van der Waals surface area contributed by atoms with Crippen LogP contribution in [0.1, 0.15) is 55.4 Å². The molecule has 0 aromatic carbocycles. The molecule has 0 saturated heterocycles. The van der Waals surface area contributed by atoms with Crippen molar-refractivity contribution in [2.75, 3.05) is 0 Å². The van der Waals surface area contributed by atoms with Crippen LogP contribution in [-0.2, 0) is 0 Å². The first-order valence-corrected chi connectivity index (χ1v) is 7.96. The molecule has 1 aromatic rings. The zero-order valence-corrected chi connectivity index (χ0v) is 12.8. The van der Waals surface area contributed by atoms with Crippen molar-refractivity contribution < 1.29 is 5.11 Å². The van der Waals surface area contributed by atoms with Crippen LogP contribution in [0.4, 0.5) is 0 Å². The van der Waals surface area contributed by atoms with Crippen LogP contribution in [0.5, 0.6) is 0 Å². The van der Waals surface area contributed by atoms with Crippen molar-refractivity contribution in [1.82, 2.24) is 0 Å². The van der Waals surface area contributed by atoms with Gasteiger partial charge in [0.1, 0.15) is 6.10 Å². The Bertz CT molecular complexity index is 463. The van der Waals surface area contributed by atoms with Crippen molar-refractivity contribution in [3.05, 3.63) is 21.9 Å². The van der Waals surface area contributed by atoms with E-state index >= 15 is 0 Å². The highest BCUT2D eigenvalue weighted by atomic mass is 32.1. The van der Waals surface area contributed by atoms with E-state index < -0.39 is 11.5 Å². The fourth-order valence-corrected chi connectivity index (χ4v) is 4.12. The average molecular weight is 277 g/mol. The molecule has 0 amide bonds. The van der Waals surface area contributed by atoms with Crippen LogP contribution in [0.3, 0.4) is 0 Å². The smallest absolute Gasteiger partial charge is 0.107 e. The first-order chi connectivity index (χ1) is 8.98. The quantitative estimate of drug-likeness (QED) is 0.887. The van der Waals surface area contributed by atoms with E-state index in [-0.39, 0.29) is 0 Å². The molecule has 1 N–H and O–H groups in total. The molecule has 1 fully saturated rings. The van der Waals surface area contributed by atoms with E-state index in [2.05, 4.69) is 19.9 Å². The van der Waals surface area contributed by atoms with Gasteiger partial charge in [0.25, 0.3) is 0 Å². The van der Waals surface area contributed by atoms with Crippen molar-refractivity contribution in [3.63, 3.8) is 0 Å². The number of hydrogen-bond donors (Lipinski definition) is 1. The van der Waals surface area contributed by atoms with Crippen molar-refractivity contribution in [2.24, 2.45) is 17.3 Å². The van der Waals surface area contributed by atoms with Crippen molar-refractivity contribution in [1.29, 1.82) is 5.26 Å². The van der Waals surface area contributed by atoms with E-state index in [0.29, 0.717) is 11.8 Å². The average Bonchev–Trinajstić information content (AvgIpc) is 2.84. The highest BCUT2D eigenvalue weighted by molar-refractivity contribution is 7.12. The van der Waals surface area contributed by atoms with Crippen LogP contribution >= 0.6 is 11.3 Å². The minimum atomic E-state index is -0.621. The van der Waals surface area contributed by atoms with Crippen LogP contribution in [0.25, 0.3) is 0 Å². The highest BCUT2D eigenvalue weighted by Crippen LogP contribution is 2.49. The summed E-state index contributed by atoms with van der Waals surface area (Å²) in [6.07, 6.45) is 3.15. The molecule has 1 aromatic heterocycles. The summed E-state index contributed by atoms with van der Waals surface area (Å²) in [6.45, 7) is 6.54. The summed E-state index contributed by atoms with van der Waals surface area (Å²) in [5, 5.41) is 20.2. The number of nitrogens with zero attached hydrogens (tertiary/aromatic N) is 1. The lowest BCUT2D eigenvalue weighted by molar-refractivity contribution is 0.0214. The number of thiophene rings is 1. The van der Waals surface area contributed by atoms with Crippen LogP contribution < -0.4 is 0 Å². The molecule has 104 valence electrons. The maximum absolute atomic E-state index is 10.6. The molecule has 19 heavy (non-hydrogen) atoms. The molecule has 0 spiro atoms. The molecular formula is C16H23NOS. The summed E-state index contributed by atoms with van der Waals surface area (Å²) in [4.78, 5) is 2.14. The Morgan fingerprint density at radius 1 is 1.37 bits per heavy atom. The molecule has 0 bridgehead atoms. The zero-order valence-electron chi connectivity index (χ0n) is 12.0. The number of aryl methyl sites for hydroxylation is 1. The van der Waals surface area contributed by atoms with Gasteiger partial charge < -0.3 is 5.11 Å². The number of nitriles is 1. The van der Waals surface area contributed by atoms with Gasteiger partial charge >= 0.3 is 0 Å². The fraction of sp³-hybridized carbons (Fsp3) is 0.688. The van der Waals surface area contributed by atoms with Gasteiger partial charge in [0.2, 0.25) is 0 Å². The van der Waals surface area contributed by atoms with Crippen LogP contribution in [0.15, 0.2) is 12.1 Å². The van der Waals surface area contributed by atoms with Gasteiger partial charge in [0.05, 0.1) is 11.5 Å². The topological polar surface area (TPSA) is 44.0 Å². The van der Waals surface area contributed by atoms with Crippen molar-refractivity contribution in [3.8, 4) is 6.07 Å². The van der Waals surface area contributed by atoms with Crippen molar-refractivity contribution in [2.45, 2.75) is 52.6 Å². The standard InChI is InChI=1S/C16H23NOS/c1-11(2)13-6-8-16(10-17,9-7-13)15(18)14-5-4-12(3)19-14/h4-5,11,13,15,18H,6-9H2,1-3H3. The van der Waals surface area contributed by atoms with Gasteiger partial charge in [-0.15, -0.1) is 11.3 Å². The molecule has 0 radical (unpaired) electrons. The summed E-state index contributed by atoms with van der Waals surface area (Å²) >= 11 is 1.61. The Balaban J connectivity index is 2.14. The lowest BCUT2D eigenvalue weighted by atomic mass is 9.66. The van der Waals surface area contributed by atoms with Gasteiger partial charge in [-0.1, -0.05) is 13.8 Å². The predicted octanol–water partition coefficient (Wildman–Crippen LogP) is 4.45. The normalized spacial score (nSPS) is 29.2. The maximum atomic E-state index is 10.6. The van der Waals surface area contributed by atoms with E-state index in [0.717, 1.165) is 30.6 Å². The van der Waals surface area contributed by atoms with E-state index in [1.165, 1.54) is 4.88 Å². The van der Waals surface area contributed by atoms with Gasteiger partial charge in [0, 0.05) is 9.75 Å². The van der Waals surface area contributed by atoms with Gasteiger partial charge in [-0.25, -0.2) is 0 Å². The van der Waals surface area contributed by atoms with E-state index in [1.807, 2.05) is 19.1 Å². The monoisotopic (exact) mass is 277 g/mol. The molecule has 1 aliphatic carbocycles. The summed E-state index contributed by atoms with van der Waals surface area (Å²) < 4.78 is 0. The largest absolute Gasteiger partial charge is 0.386 e. The molecule has 3 heteroatoms. The second-order valence-electron chi connectivity index (χ2n) is 6.20. The first-order valence-electron chi connectivity index (χ1n) is 7.14. The minimum Gasteiger partial charge on any atom is -0.386 e. The Morgan fingerprint density at radius 2 is 2.00 bits per heavy atom. The van der Waals surface area contributed by atoms with E-state index in [1.54, 1.807) is 11.3 Å². The molecule has 2 nitrogen and oxygen atoms in total. The predicted molar refractivity (Wildman–Crippen MR) is 78.9 cm³/mol. The van der Waals surface area contributed by atoms with Crippen molar-refractivity contribution >= 4 is 11.3 Å². The number of aliphatic hydroxyl groups excluding tert-OH is 1.